The van der Waals surface area contributed by atoms with Gasteiger partial charge in [0.15, 0.2) is 5.82 Å². The largest absolute Gasteiger partial charge is 0.290 e. The summed E-state index contributed by atoms with van der Waals surface area (Å²) in [5, 5.41) is 8.19. The van der Waals surface area contributed by atoms with Crippen LogP contribution in [0.1, 0.15) is 0 Å². The molecule has 0 spiro atoms. The van der Waals surface area contributed by atoms with Gasteiger partial charge in [0.25, 0.3) is 0 Å². The molecule has 0 aliphatic carbocycles. The predicted molar refractivity (Wildman–Crippen MR) is 27.4 cm³/mol. The van der Waals surface area contributed by atoms with Gasteiger partial charge in [0.05, 0.1) is 6.20 Å². The van der Waals surface area contributed by atoms with Gasteiger partial charge in [0.2, 0.25) is 0 Å². The number of nitrogens with one attached hydrogen (secondary N) is 1. The first kappa shape index (κ1) is 4.99. The third-order valence-corrected chi connectivity index (χ3v) is 0.678. The second kappa shape index (κ2) is 2.23. The maximum atomic E-state index is 8.19. The van der Waals surface area contributed by atoms with Crippen LogP contribution >= 0.6 is 0 Å². The summed E-state index contributed by atoms with van der Waals surface area (Å²) in [5.41, 5.74) is 1.85. The van der Waals surface area contributed by atoms with Crippen LogP contribution in [-0.4, -0.2) is 15.2 Å². The zero-order valence-corrected chi connectivity index (χ0v) is 4.07. The summed E-state index contributed by atoms with van der Waals surface area (Å²) in [6, 6.07) is 0. The lowest BCUT2D eigenvalue weighted by Crippen LogP contribution is -1.91. The SMILES string of the molecule is ONc1cnccn1. The Labute approximate surface area is 46.2 Å². The van der Waals surface area contributed by atoms with Gasteiger partial charge in [-0.3, -0.25) is 15.7 Å². The Morgan fingerprint density at radius 3 is 2.75 bits per heavy atom. The third-order valence-electron chi connectivity index (χ3n) is 0.678. The molecule has 0 bridgehead atoms. The first-order valence-corrected chi connectivity index (χ1v) is 2.09. The molecule has 0 aliphatic rings. The van der Waals surface area contributed by atoms with Crippen molar-refractivity contribution in [2.45, 2.75) is 0 Å². The van der Waals surface area contributed by atoms with Crippen molar-refractivity contribution in [1.82, 2.24) is 9.97 Å². The van der Waals surface area contributed by atoms with Crippen molar-refractivity contribution in [2.75, 3.05) is 5.48 Å². The fraction of sp³-hybridized carbons (Fsp3) is 0. The number of hydrogen-bond acceptors (Lipinski definition) is 4. The molecule has 0 radical (unpaired) electrons. The molecule has 2 N–H and O–H groups in total. The van der Waals surface area contributed by atoms with Crippen molar-refractivity contribution in [3.63, 3.8) is 0 Å². The van der Waals surface area contributed by atoms with Gasteiger partial charge in [-0.2, -0.15) is 0 Å². The van der Waals surface area contributed by atoms with Crippen molar-refractivity contribution < 1.29 is 5.21 Å². The minimum absolute atomic E-state index is 0.354. The predicted octanol–water partition coefficient (Wildman–Crippen LogP) is 0.278. The third kappa shape index (κ3) is 0.913. The number of rotatable bonds is 1. The van der Waals surface area contributed by atoms with Crippen LogP contribution in [0.3, 0.4) is 0 Å². The van der Waals surface area contributed by atoms with Crippen LogP contribution in [0, 0.1) is 0 Å². The Hall–Kier alpha value is -1.16. The highest BCUT2D eigenvalue weighted by Gasteiger charge is 1.82. The second-order valence-corrected chi connectivity index (χ2v) is 1.20. The topological polar surface area (TPSA) is 58.0 Å². The van der Waals surface area contributed by atoms with Gasteiger partial charge in [0.1, 0.15) is 0 Å². The van der Waals surface area contributed by atoms with E-state index in [9.17, 15) is 0 Å². The molecule has 1 heterocycles. The molecule has 0 aromatic carbocycles. The van der Waals surface area contributed by atoms with Crippen LogP contribution in [0.25, 0.3) is 0 Å². The summed E-state index contributed by atoms with van der Waals surface area (Å²) in [6.07, 6.45) is 4.43. The molecule has 4 nitrogen and oxygen atoms in total. The lowest BCUT2D eigenvalue weighted by atomic mass is 10.7. The van der Waals surface area contributed by atoms with E-state index in [2.05, 4.69) is 9.97 Å². The van der Waals surface area contributed by atoms with Gasteiger partial charge in [-0.15, -0.1) is 0 Å². The molecule has 1 aromatic rings. The van der Waals surface area contributed by atoms with Crippen molar-refractivity contribution in [2.24, 2.45) is 0 Å². The van der Waals surface area contributed by atoms with E-state index in [1.54, 1.807) is 0 Å². The molecular formula is C4H5N3O. The summed E-state index contributed by atoms with van der Waals surface area (Å²) in [4.78, 5) is 7.34. The average Bonchev–Trinajstić information content (AvgIpc) is 1.90. The molecule has 1 rings (SSSR count). The Morgan fingerprint density at radius 2 is 2.38 bits per heavy atom. The van der Waals surface area contributed by atoms with Crippen molar-refractivity contribution >= 4 is 5.82 Å². The highest BCUT2D eigenvalue weighted by molar-refractivity contribution is 5.25. The van der Waals surface area contributed by atoms with Crippen LogP contribution in [0.5, 0.6) is 0 Å². The number of anilines is 1. The summed E-state index contributed by atoms with van der Waals surface area (Å²) in [7, 11) is 0. The molecule has 4 heteroatoms. The van der Waals surface area contributed by atoms with Crippen LogP contribution in [0.15, 0.2) is 18.6 Å². The monoisotopic (exact) mass is 111 g/mol. The highest BCUT2D eigenvalue weighted by Crippen LogP contribution is 1.91. The molecule has 0 saturated heterocycles. The maximum Gasteiger partial charge on any atom is 0.168 e. The Balaban J connectivity index is 2.83. The second-order valence-electron chi connectivity index (χ2n) is 1.20. The quantitative estimate of drug-likeness (QED) is 0.511. The van der Waals surface area contributed by atoms with E-state index in [1.165, 1.54) is 18.6 Å². The lowest BCUT2D eigenvalue weighted by molar-refractivity contribution is 0.385. The van der Waals surface area contributed by atoms with Gasteiger partial charge in [-0.1, -0.05) is 0 Å². The molecule has 0 aliphatic heterocycles. The number of nitrogens with zero attached hydrogens (tertiary/aromatic N) is 2. The normalized spacial score (nSPS) is 8.62. The molecule has 0 atom stereocenters. The van der Waals surface area contributed by atoms with Gasteiger partial charge in [-0.25, -0.2) is 4.98 Å². The van der Waals surface area contributed by atoms with Gasteiger partial charge in [0, 0.05) is 12.4 Å². The first-order valence-electron chi connectivity index (χ1n) is 2.09. The Morgan fingerprint density at radius 1 is 1.50 bits per heavy atom. The van der Waals surface area contributed by atoms with Crippen LogP contribution in [0.4, 0.5) is 5.82 Å². The van der Waals surface area contributed by atoms with Gasteiger partial charge in [-0.05, 0) is 0 Å². The zero-order valence-electron chi connectivity index (χ0n) is 4.07. The first-order chi connectivity index (χ1) is 3.93. The van der Waals surface area contributed by atoms with E-state index in [0.29, 0.717) is 5.82 Å². The van der Waals surface area contributed by atoms with Crippen molar-refractivity contribution in [3.8, 4) is 0 Å². The average molecular weight is 111 g/mol. The van der Waals surface area contributed by atoms with Crippen LogP contribution in [0.2, 0.25) is 0 Å². The fourth-order valence-electron chi connectivity index (χ4n) is 0.357. The smallest absolute Gasteiger partial charge is 0.168 e. The molecule has 0 fully saturated rings. The number of aromatic nitrogens is 2. The molecule has 1 aromatic heterocycles. The summed E-state index contributed by atoms with van der Waals surface area (Å²) in [6.45, 7) is 0. The molecule has 42 valence electrons. The van der Waals surface area contributed by atoms with Crippen LogP contribution in [-0.2, 0) is 0 Å². The molecule has 0 saturated carbocycles. The lowest BCUT2D eigenvalue weighted by Gasteiger charge is -1.90. The number of hydrogen-bond donors (Lipinski definition) is 2. The minimum Gasteiger partial charge on any atom is -0.290 e. The Bertz CT molecular complexity index is 153. The van der Waals surface area contributed by atoms with Crippen molar-refractivity contribution in [3.05, 3.63) is 18.6 Å². The van der Waals surface area contributed by atoms with Gasteiger partial charge >= 0.3 is 0 Å². The summed E-state index contributed by atoms with van der Waals surface area (Å²) < 4.78 is 0. The molecule has 8 heavy (non-hydrogen) atoms. The van der Waals surface area contributed by atoms with Crippen LogP contribution < -0.4 is 5.48 Å². The van der Waals surface area contributed by atoms with E-state index in [0.717, 1.165) is 0 Å². The summed E-state index contributed by atoms with van der Waals surface area (Å²) in [5.74, 6) is 0.354. The summed E-state index contributed by atoms with van der Waals surface area (Å²) >= 11 is 0. The fourth-order valence-corrected chi connectivity index (χ4v) is 0.357. The Kier molecular flexibility index (Phi) is 1.39. The van der Waals surface area contributed by atoms with E-state index < -0.39 is 0 Å². The zero-order chi connectivity index (χ0) is 5.82. The van der Waals surface area contributed by atoms with E-state index >= 15 is 0 Å². The maximum absolute atomic E-state index is 8.19. The van der Waals surface area contributed by atoms with E-state index in [-0.39, 0.29) is 0 Å². The molecule has 0 amide bonds. The molecular weight excluding hydrogens is 106 g/mol. The van der Waals surface area contributed by atoms with Gasteiger partial charge < -0.3 is 0 Å². The minimum atomic E-state index is 0.354. The van der Waals surface area contributed by atoms with E-state index in [1.807, 2.05) is 5.48 Å². The van der Waals surface area contributed by atoms with Crippen molar-refractivity contribution in [1.29, 1.82) is 0 Å². The standard InChI is InChI=1S/C4H5N3O/c8-7-4-3-5-1-2-6-4/h1-3,8H,(H,6,7). The molecule has 0 unspecified atom stereocenters. The van der Waals surface area contributed by atoms with E-state index in [4.69, 9.17) is 5.21 Å². The highest BCUT2D eigenvalue weighted by atomic mass is 16.5.